The standard InChI is InChI=1S/C21H24N2O3/c1-3-25-20-11-15-10-13(2)26-19(15)12-18(20)23-21(24)17-9-8-14-6-4-5-7-16(14)22-17/h8-9,11-13H,3-7,10H2,1-2H3,(H,23,24)/t13-/m0/s1. The Bertz CT molecular complexity index is 847. The number of nitrogens with one attached hydrogen (secondary N) is 1. The van der Waals surface area contributed by atoms with Gasteiger partial charge in [-0.25, -0.2) is 4.98 Å². The Kier molecular flexibility index (Phi) is 4.53. The van der Waals surface area contributed by atoms with Gasteiger partial charge in [0.2, 0.25) is 0 Å². The highest BCUT2D eigenvalue weighted by Gasteiger charge is 2.23. The molecule has 1 aromatic heterocycles. The third kappa shape index (κ3) is 3.26. The van der Waals surface area contributed by atoms with Gasteiger partial charge in [0.1, 0.15) is 23.3 Å². The minimum Gasteiger partial charge on any atom is -0.492 e. The van der Waals surface area contributed by atoms with Crippen LogP contribution in [0.3, 0.4) is 0 Å². The molecule has 1 aliphatic carbocycles. The zero-order chi connectivity index (χ0) is 18.1. The quantitative estimate of drug-likeness (QED) is 0.905. The summed E-state index contributed by atoms with van der Waals surface area (Å²) in [4.78, 5) is 17.3. The van der Waals surface area contributed by atoms with Crippen LogP contribution in [-0.4, -0.2) is 23.6 Å². The van der Waals surface area contributed by atoms with Gasteiger partial charge in [-0.15, -0.1) is 0 Å². The van der Waals surface area contributed by atoms with Crippen LogP contribution in [0.2, 0.25) is 0 Å². The molecule has 2 heterocycles. The Morgan fingerprint density at radius 2 is 2.12 bits per heavy atom. The number of fused-ring (bicyclic) bond motifs is 2. The molecule has 4 rings (SSSR count). The molecular weight excluding hydrogens is 328 g/mol. The molecule has 0 radical (unpaired) electrons. The van der Waals surface area contributed by atoms with Crippen LogP contribution in [0.1, 0.15) is 54.0 Å². The maximum Gasteiger partial charge on any atom is 0.274 e. The number of rotatable bonds is 4. The molecule has 2 aromatic rings. The van der Waals surface area contributed by atoms with Crippen molar-refractivity contribution >= 4 is 11.6 Å². The average molecular weight is 352 g/mol. The van der Waals surface area contributed by atoms with Crippen molar-refractivity contribution in [3.8, 4) is 11.5 Å². The minimum absolute atomic E-state index is 0.146. The molecule has 1 atom stereocenters. The van der Waals surface area contributed by atoms with Crippen LogP contribution in [-0.2, 0) is 19.3 Å². The van der Waals surface area contributed by atoms with Gasteiger partial charge in [0.25, 0.3) is 5.91 Å². The fraction of sp³-hybridized carbons (Fsp3) is 0.429. The van der Waals surface area contributed by atoms with Crippen LogP contribution in [0.25, 0.3) is 0 Å². The summed E-state index contributed by atoms with van der Waals surface area (Å²) in [6.07, 6.45) is 5.35. The van der Waals surface area contributed by atoms with Crippen LogP contribution < -0.4 is 14.8 Å². The molecule has 5 nitrogen and oxygen atoms in total. The number of hydrogen-bond donors (Lipinski definition) is 1. The van der Waals surface area contributed by atoms with Gasteiger partial charge >= 0.3 is 0 Å². The monoisotopic (exact) mass is 352 g/mol. The fourth-order valence-electron chi connectivity index (χ4n) is 3.71. The Hall–Kier alpha value is -2.56. The highest BCUT2D eigenvalue weighted by molar-refractivity contribution is 6.04. The van der Waals surface area contributed by atoms with E-state index in [4.69, 9.17) is 9.47 Å². The number of amides is 1. The second kappa shape index (κ2) is 6.98. The number of carbonyl (C=O) groups excluding carboxylic acids is 1. The summed E-state index contributed by atoms with van der Waals surface area (Å²) in [5.41, 5.74) is 4.51. The first-order valence-corrected chi connectivity index (χ1v) is 9.40. The molecule has 5 heteroatoms. The van der Waals surface area contributed by atoms with E-state index in [0.29, 0.717) is 23.7 Å². The SMILES string of the molecule is CCOc1cc2c(cc1NC(=O)c1ccc3c(n1)CCCC3)O[C@@H](C)C2. The molecule has 136 valence electrons. The predicted molar refractivity (Wildman–Crippen MR) is 100 cm³/mol. The smallest absolute Gasteiger partial charge is 0.274 e. The lowest BCUT2D eigenvalue weighted by atomic mass is 9.96. The highest BCUT2D eigenvalue weighted by Crippen LogP contribution is 2.38. The number of nitrogens with zero attached hydrogens (tertiary/aromatic N) is 1. The van der Waals surface area contributed by atoms with Gasteiger partial charge in [0, 0.05) is 23.7 Å². The summed E-state index contributed by atoms with van der Waals surface area (Å²) in [5, 5.41) is 2.96. The summed E-state index contributed by atoms with van der Waals surface area (Å²) < 4.78 is 11.6. The lowest BCUT2D eigenvalue weighted by Gasteiger charge is -2.16. The molecule has 0 spiro atoms. The molecule has 2 aliphatic rings. The Morgan fingerprint density at radius 1 is 1.27 bits per heavy atom. The van der Waals surface area contributed by atoms with Gasteiger partial charge in [-0.05, 0) is 57.2 Å². The summed E-state index contributed by atoms with van der Waals surface area (Å²) in [6.45, 7) is 4.51. The number of hydrogen-bond acceptors (Lipinski definition) is 4. The lowest BCUT2D eigenvalue weighted by molar-refractivity contribution is 0.102. The molecule has 0 saturated heterocycles. The second-order valence-corrected chi connectivity index (χ2v) is 6.99. The van der Waals surface area contributed by atoms with Gasteiger partial charge in [0.15, 0.2) is 0 Å². The molecule has 1 N–H and O–H groups in total. The predicted octanol–water partition coefficient (Wildman–Crippen LogP) is 3.93. The lowest BCUT2D eigenvalue weighted by Crippen LogP contribution is -2.17. The third-order valence-electron chi connectivity index (χ3n) is 4.96. The number of anilines is 1. The van der Waals surface area contributed by atoms with E-state index in [2.05, 4.69) is 10.3 Å². The number of pyridine rings is 1. The van der Waals surface area contributed by atoms with Crippen LogP contribution in [0.15, 0.2) is 24.3 Å². The van der Waals surface area contributed by atoms with Crippen molar-refractivity contribution in [2.75, 3.05) is 11.9 Å². The molecule has 0 bridgehead atoms. The molecule has 0 saturated carbocycles. The van der Waals surface area contributed by atoms with Crippen LogP contribution in [0.4, 0.5) is 5.69 Å². The largest absolute Gasteiger partial charge is 0.492 e. The van der Waals surface area contributed by atoms with Crippen molar-refractivity contribution in [3.63, 3.8) is 0 Å². The minimum atomic E-state index is -0.217. The third-order valence-corrected chi connectivity index (χ3v) is 4.96. The van der Waals surface area contributed by atoms with E-state index in [9.17, 15) is 4.79 Å². The number of carbonyl (C=O) groups is 1. The van der Waals surface area contributed by atoms with Gasteiger partial charge in [-0.1, -0.05) is 6.07 Å². The van der Waals surface area contributed by atoms with Gasteiger partial charge in [-0.2, -0.15) is 0 Å². The average Bonchev–Trinajstić information content (AvgIpc) is 3.00. The van der Waals surface area contributed by atoms with E-state index in [1.807, 2.05) is 38.1 Å². The van der Waals surface area contributed by atoms with Gasteiger partial charge in [-0.3, -0.25) is 4.79 Å². The second-order valence-electron chi connectivity index (χ2n) is 6.99. The highest BCUT2D eigenvalue weighted by atomic mass is 16.5. The van der Waals surface area contributed by atoms with Gasteiger partial charge in [0.05, 0.1) is 12.3 Å². The molecule has 0 fully saturated rings. The summed E-state index contributed by atoms with van der Waals surface area (Å²) in [6, 6.07) is 7.68. The van der Waals surface area contributed by atoms with Crippen LogP contribution in [0, 0.1) is 0 Å². The maximum absolute atomic E-state index is 12.8. The maximum atomic E-state index is 12.8. The van der Waals surface area contributed by atoms with Crippen LogP contribution >= 0.6 is 0 Å². The molecular formula is C21H24N2O3. The van der Waals surface area contributed by atoms with E-state index in [0.717, 1.165) is 42.7 Å². The number of aromatic nitrogens is 1. The first kappa shape index (κ1) is 16.9. The van der Waals surface area contributed by atoms with E-state index in [1.54, 1.807) is 0 Å². The Labute approximate surface area is 153 Å². The first-order valence-electron chi connectivity index (χ1n) is 9.40. The van der Waals surface area contributed by atoms with E-state index >= 15 is 0 Å². The summed E-state index contributed by atoms with van der Waals surface area (Å²) in [7, 11) is 0. The van der Waals surface area contributed by atoms with E-state index in [-0.39, 0.29) is 12.0 Å². The number of aryl methyl sites for hydroxylation is 2. The first-order chi connectivity index (χ1) is 12.6. The summed E-state index contributed by atoms with van der Waals surface area (Å²) >= 11 is 0. The van der Waals surface area contributed by atoms with E-state index in [1.165, 1.54) is 12.0 Å². The summed E-state index contributed by atoms with van der Waals surface area (Å²) in [5.74, 6) is 1.27. The van der Waals surface area contributed by atoms with Crippen molar-refractivity contribution in [2.45, 2.75) is 52.1 Å². The molecule has 1 amide bonds. The van der Waals surface area contributed by atoms with Crippen molar-refractivity contribution in [1.29, 1.82) is 0 Å². The number of benzene rings is 1. The van der Waals surface area contributed by atoms with Crippen molar-refractivity contribution < 1.29 is 14.3 Å². The topological polar surface area (TPSA) is 60.5 Å². The van der Waals surface area contributed by atoms with Gasteiger partial charge < -0.3 is 14.8 Å². The van der Waals surface area contributed by atoms with E-state index < -0.39 is 0 Å². The molecule has 0 unspecified atom stereocenters. The zero-order valence-corrected chi connectivity index (χ0v) is 15.3. The molecule has 26 heavy (non-hydrogen) atoms. The van der Waals surface area contributed by atoms with Crippen molar-refractivity contribution in [1.82, 2.24) is 4.98 Å². The van der Waals surface area contributed by atoms with Crippen molar-refractivity contribution in [2.24, 2.45) is 0 Å². The Balaban J connectivity index is 1.60. The molecule has 1 aromatic carbocycles. The number of ether oxygens (including phenoxy) is 2. The fourth-order valence-corrected chi connectivity index (χ4v) is 3.71. The van der Waals surface area contributed by atoms with Crippen molar-refractivity contribution in [3.05, 3.63) is 46.8 Å². The Morgan fingerprint density at radius 3 is 2.96 bits per heavy atom. The normalized spacial score (nSPS) is 17.8. The van der Waals surface area contributed by atoms with Crippen LogP contribution in [0.5, 0.6) is 11.5 Å². The zero-order valence-electron chi connectivity index (χ0n) is 15.3. The molecule has 1 aliphatic heterocycles.